The van der Waals surface area contributed by atoms with Crippen LogP contribution < -0.4 is 0 Å². The van der Waals surface area contributed by atoms with E-state index in [2.05, 4.69) is 42.6 Å². The summed E-state index contributed by atoms with van der Waals surface area (Å²) in [6.07, 6.45) is 6.38. The number of imidazole rings is 1. The van der Waals surface area contributed by atoms with Crippen molar-refractivity contribution in [3.8, 4) is 0 Å². The van der Waals surface area contributed by atoms with Crippen molar-refractivity contribution in [1.82, 2.24) is 9.55 Å². The van der Waals surface area contributed by atoms with Crippen molar-refractivity contribution in [1.29, 1.82) is 0 Å². The zero-order valence-corrected chi connectivity index (χ0v) is 8.96. The van der Waals surface area contributed by atoms with E-state index in [4.69, 9.17) is 0 Å². The van der Waals surface area contributed by atoms with E-state index in [1.807, 2.05) is 6.92 Å². The average molecular weight is 178 g/mol. The molecule has 1 aromatic heterocycles. The van der Waals surface area contributed by atoms with Gasteiger partial charge in [-0.15, -0.1) is 0 Å². The quantitative estimate of drug-likeness (QED) is 0.696. The van der Waals surface area contributed by atoms with Crippen LogP contribution in [0.5, 0.6) is 0 Å². The molecule has 0 aliphatic rings. The predicted octanol–water partition coefficient (Wildman–Crippen LogP) is 2.71. The van der Waals surface area contributed by atoms with Gasteiger partial charge in [0.15, 0.2) is 0 Å². The van der Waals surface area contributed by atoms with Crippen molar-refractivity contribution in [2.45, 2.75) is 33.6 Å². The SMILES string of the molecule is CC/C=C\c1nc(C)n(C)c1CC. The van der Waals surface area contributed by atoms with Crippen molar-refractivity contribution in [3.05, 3.63) is 23.3 Å². The molecule has 2 heteroatoms. The van der Waals surface area contributed by atoms with Crippen LogP contribution in [0, 0.1) is 6.92 Å². The highest BCUT2D eigenvalue weighted by Crippen LogP contribution is 2.12. The summed E-state index contributed by atoms with van der Waals surface area (Å²) < 4.78 is 2.16. The molecule has 2 nitrogen and oxygen atoms in total. The van der Waals surface area contributed by atoms with Gasteiger partial charge in [0.05, 0.1) is 5.69 Å². The van der Waals surface area contributed by atoms with Crippen molar-refractivity contribution in [3.63, 3.8) is 0 Å². The van der Waals surface area contributed by atoms with E-state index in [0.29, 0.717) is 0 Å². The van der Waals surface area contributed by atoms with E-state index < -0.39 is 0 Å². The largest absolute Gasteiger partial charge is 0.335 e. The number of nitrogens with zero attached hydrogens (tertiary/aromatic N) is 2. The first-order valence-electron chi connectivity index (χ1n) is 4.89. The van der Waals surface area contributed by atoms with Crippen LogP contribution in [-0.2, 0) is 13.5 Å². The number of allylic oxidation sites excluding steroid dienone is 1. The van der Waals surface area contributed by atoms with Crippen molar-refractivity contribution >= 4 is 6.08 Å². The lowest BCUT2D eigenvalue weighted by molar-refractivity contribution is 0.797. The second kappa shape index (κ2) is 4.26. The number of aromatic nitrogens is 2. The Bertz CT molecular complexity index is 308. The van der Waals surface area contributed by atoms with Gasteiger partial charge in [-0.2, -0.15) is 0 Å². The van der Waals surface area contributed by atoms with Crippen molar-refractivity contribution in [2.24, 2.45) is 7.05 Å². The minimum Gasteiger partial charge on any atom is -0.335 e. The Labute approximate surface area is 80.3 Å². The Morgan fingerprint density at radius 3 is 2.62 bits per heavy atom. The van der Waals surface area contributed by atoms with Gasteiger partial charge in [-0.3, -0.25) is 0 Å². The third kappa shape index (κ3) is 2.00. The summed E-state index contributed by atoms with van der Waals surface area (Å²) in [4.78, 5) is 4.49. The molecule has 1 heterocycles. The number of rotatable bonds is 3. The molecule has 0 atom stereocenters. The zero-order chi connectivity index (χ0) is 9.84. The van der Waals surface area contributed by atoms with Crippen LogP contribution in [0.25, 0.3) is 6.08 Å². The Morgan fingerprint density at radius 1 is 1.38 bits per heavy atom. The van der Waals surface area contributed by atoms with E-state index in [-0.39, 0.29) is 0 Å². The molecule has 72 valence electrons. The van der Waals surface area contributed by atoms with Crippen LogP contribution in [0.2, 0.25) is 0 Å². The van der Waals surface area contributed by atoms with Gasteiger partial charge in [-0.05, 0) is 25.8 Å². The Hall–Kier alpha value is -1.05. The monoisotopic (exact) mass is 178 g/mol. The summed E-state index contributed by atoms with van der Waals surface area (Å²) in [5, 5.41) is 0. The molecule has 13 heavy (non-hydrogen) atoms. The number of hydrogen-bond donors (Lipinski definition) is 0. The molecule has 0 saturated carbocycles. The molecule has 0 unspecified atom stereocenters. The van der Waals surface area contributed by atoms with Gasteiger partial charge in [0.25, 0.3) is 0 Å². The van der Waals surface area contributed by atoms with Crippen LogP contribution in [0.1, 0.15) is 37.5 Å². The van der Waals surface area contributed by atoms with Gasteiger partial charge in [0.1, 0.15) is 5.82 Å². The van der Waals surface area contributed by atoms with Crippen LogP contribution >= 0.6 is 0 Å². The highest BCUT2D eigenvalue weighted by atomic mass is 15.1. The molecule has 0 aliphatic carbocycles. The van der Waals surface area contributed by atoms with Crippen molar-refractivity contribution in [2.75, 3.05) is 0 Å². The molecule has 0 aliphatic heterocycles. The van der Waals surface area contributed by atoms with Crippen LogP contribution in [0.4, 0.5) is 0 Å². The summed E-state index contributed by atoms with van der Waals surface area (Å²) in [6.45, 7) is 6.35. The number of aryl methyl sites for hydroxylation is 1. The van der Waals surface area contributed by atoms with Crippen LogP contribution in [-0.4, -0.2) is 9.55 Å². The Morgan fingerprint density at radius 2 is 2.08 bits per heavy atom. The molecule has 0 amide bonds. The topological polar surface area (TPSA) is 17.8 Å². The lowest BCUT2D eigenvalue weighted by Crippen LogP contribution is -1.97. The maximum atomic E-state index is 4.49. The summed E-state index contributed by atoms with van der Waals surface area (Å²) in [7, 11) is 2.07. The molecule has 1 rings (SSSR count). The van der Waals surface area contributed by atoms with E-state index in [0.717, 1.165) is 24.4 Å². The molecule has 0 N–H and O–H groups in total. The molecular formula is C11H18N2. The molecule has 0 bridgehead atoms. The molecule has 0 spiro atoms. The summed E-state index contributed by atoms with van der Waals surface area (Å²) in [5.74, 6) is 1.09. The molecule has 0 aromatic carbocycles. The molecular weight excluding hydrogens is 160 g/mol. The third-order valence-electron chi connectivity index (χ3n) is 2.31. The van der Waals surface area contributed by atoms with Gasteiger partial charge < -0.3 is 4.57 Å². The molecule has 0 saturated heterocycles. The van der Waals surface area contributed by atoms with E-state index in [1.54, 1.807) is 0 Å². The second-order valence-corrected chi connectivity index (χ2v) is 3.21. The fourth-order valence-corrected chi connectivity index (χ4v) is 1.46. The minimum absolute atomic E-state index is 1.04. The van der Waals surface area contributed by atoms with Gasteiger partial charge in [-0.1, -0.05) is 19.9 Å². The third-order valence-corrected chi connectivity index (χ3v) is 2.31. The maximum absolute atomic E-state index is 4.49. The normalized spacial score (nSPS) is 11.4. The predicted molar refractivity (Wildman–Crippen MR) is 56.6 cm³/mol. The lowest BCUT2D eigenvalue weighted by Gasteiger charge is -1.99. The Balaban J connectivity index is 3.06. The van der Waals surface area contributed by atoms with E-state index in [1.165, 1.54) is 5.69 Å². The second-order valence-electron chi connectivity index (χ2n) is 3.21. The summed E-state index contributed by atoms with van der Waals surface area (Å²) in [5.41, 5.74) is 2.45. The Kier molecular flexibility index (Phi) is 3.29. The molecule has 1 aromatic rings. The van der Waals surface area contributed by atoms with E-state index >= 15 is 0 Å². The average Bonchev–Trinajstić information content (AvgIpc) is 2.39. The zero-order valence-electron chi connectivity index (χ0n) is 8.96. The van der Waals surface area contributed by atoms with Crippen LogP contribution in [0.15, 0.2) is 6.08 Å². The first kappa shape index (κ1) is 10.0. The summed E-state index contributed by atoms with van der Waals surface area (Å²) >= 11 is 0. The van der Waals surface area contributed by atoms with Gasteiger partial charge in [-0.25, -0.2) is 4.98 Å². The molecule has 0 radical (unpaired) electrons. The maximum Gasteiger partial charge on any atom is 0.106 e. The lowest BCUT2D eigenvalue weighted by atomic mass is 10.2. The van der Waals surface area contributed by atoms with Crippen LogP contribution in [0.3, 0.4) is 0 Å². The van der Waals surface area contributed by atoms with Gasteiger partial charge in [0, 0.05) is 12.7 Å². The van der Waals surface area contributed by atoms with Gasteiger partial charge >= 0.3 is 0 Å². The highest BCUT2D eigenvalue weighted by Gasteiger charge is 2.06. The fraction of sp³-hybridized carbons (Fsp3) is 0.545. The van der Waals surface area contributed by atoms with E-state index in [9.17, 15) is 0 Å². The first-order chi connectivity index (χ1) is 6.20. The van der Waals surface area contributed by atoms with Crippen molar-refractivity contribution < 1.29 is 0 Å². The summed E-state index contributed by atoms with van der Waals surface area (Å²) in [6, 6.07) is 0. The first-order valence-corrected chi connectivity index (χ1v) is 4.89. The fourth-order valence-electron chi connectivity index (χ4n) is 1.46. The van der Waals surface area contributed by atoms with Gasteiger partial charge in [0.2, 0.25) is 0 Å². The standard InChI is InChI=1S/C11H18N2/c1-5-7-8-10-11(6-2)13(4)9(3)12-10/h7-8H,5-6H2,1-4H3/b8-7-. The minimum atomic E-state index is 1.04. The smallest absolute Gasteiger partial charge is 0.106 e. The molecule has 0 fully saturated rings. The number of hydrogen-bond acceptors (Lipinski definition) is 1. The highest BCUT2D eigenvalue weighted by molar-refractivity contribution is 5.48.